The topological polar surface area (TPSA) is 110 Å². The summed E-state index contributed by atoms with van der Waals surface area (Å²) in [5.41, 5.74) is 0.816. The van der Waals surface area contributed by atoms with Gasteiger partial charge in [0.25, 0.3) is 15.9 Å². The number of hydrogen-bond donors (Lipinski definition) is 2. The minimum atomic E-state index is -3.85. The van der Waals surface area contributed by atoms with E-state index in [9.17, 15) is 13.2 Å². The van der Waals surface area contributed by atoms with Crippen molar-refractivity contribution < 1.29 is 17.9 Å². The zero-order chi connectivity index (χ0) is 21.8. The number of nitrogens with zero attached hydrogens (tertiary/aromatic N) is 2. The lowest BCUT2D eigenvalue weighted by Crippen LogP contribution is -2.15. The van der Waals surface area contributed by atoms with Crippen LogP contribution in [0.3, 0.4) is 0 Å². The highest BCUT2D eigenvalue weighted by Crippen LogP contribution is 2.27. The van der Waals surface area contributed by atoms with Gasteiger partial charge >= 0.3 is 0 Å². The average molecular weight is 434 g/mol. The summed E-state index contributed by atoms with van der Waals surface area (Å²) in [4.78, 5) is 20.5. The molecular weight excluding hydrogens is 416 g/mol. The molecule has 0 aliphatic rings. The van der Waals surface area contributed by atoms with Gasteiger partial charge in [0.05, 0.1) is 17.6 Å². The number of nitrogens with one attached hydrogen (secondary N) is 2. The van der Waals surface area contributed by atoms with Gasteiger partial charge in [0.15, 0.2) is 0 Å². The maximum Gasteiger partial charge on any atom is 0.264 e. The van der Waals surface area contributed by atoms with E-state index in [-0.39, 0.29) is 16.8 Å². The molecule has 8 nitrogen and oxygen atoms in total. The van der Waals surface area contributed by atoms with Crippen molar-refractivity contribution in [2.24, 2.45) is 0 Å². The monoisotopic (exact) mass is 434 g/mol. The van der Waals surface area contributed by atoms with Crippen LogP contribution in [0.2, 0.25) is 0 Å². The summed E-state index contributed by atoms with van der Waals surface area (Å²) in [6.45, 7) is 0. The first kappa shape index (κ1) is 20.3. The normalized spacial score (nSPS) is 11.1. The van der Waals surface area contributed by atoms with Crippen LogP contribution in [-0.4, -0.2) is 31.4 Å². The Morgan fingerprint density at radius 1 is 0.903 bits per heavy atom. The molecule has 9 heteroatoms. The largest absolute Gasteiger partial charge is 0.496 e. The molecule has 0 fully saturated rings. The lowest BCUT2D eigenvalue weighted by atomic mass is 10.1. The fourth-order valence-corrected chi connectivity index (χ4v) is 3.97. The van der Waals surface area contributed by atoms with Gasteiger partial charge in [-0.25, -0.2) is 23.1 Å². The molecule has 1 heterocycles. The van der Waals surface area contributed by atoms with E-state index in [1.807, 2.05) is 24.3 Å². The van der Waals surface area contributed by atoms with Crippen LogP contribution in [0.1, 0.15) is 10.4 Å². The highest BCUT2D eigenvalue weighted by atomic mass is 32.2. The van der Waals surface area contributed by atoms with Crippen LogP contribution in [0.4, 0.5) is 11.6 Å². The van der Waals surface area contributed by atoms with E-state index < -0.39 is 10.0 Å². The highest BCUT2D eigenvalue weighted by molar-refractivity contribution is 7.92. The lowest BCUT2D eigenvalue weighted by Gasteiger charge is -2.12. The quantitative estimate of drug-likeness (QED) is 0.479. The Balaban J connectivity index is 1.54. The van der Waals surface area contributed by atoms with Crippen LogP contribution in [0, 0.1) is 0 Å². The standard InChI is InChI=1S/C22H18N4O4S/c1-30-20-14-16-6-3-2-5-15(16)13-19(20)21(27)25-17-7-9-18(10-8-17)31(28,29)26-22-23-11-4-12-24-22/h2-14H,1H3,(H,25,27)(H,23,24,26). The molecule has 0 saturated carbocycles. The van der Waals surface area contributed by atoms with Gasteiger partial charge in [0.2, 0.25) is 5.95 Å². The van der Waals surface area contributed by atoms with Gasteiger partial charge in [0, 0.05) is 18.1 Å². The second-order valence-electron chi connectivity index (χ2n) is 6.56. The van der Waals surface area contributed by atoms with Crippen molar-refractivity contribution in [3.05, 3.63) is 84.7 Å². The van der Waals surface area contributed by atoms with Gasteiger partial charge in [-0.2, -0.15) is 0 Å². The molecule has 4 rings (SSSR count). The van der Waals surface area contributed by atoms with Crippen LogP contribution in [0.5, 0.6) is 5.75 Å². The Bertz CT molecular complexity index is 1340. The summed E-state index contributed by atoms with van der Waals surface area (Å²) in [6.07, 6.45) is 2.87. The van der Waals surface area contributed by atoms with Gasteiger partial charge in [-0.3, -0.25) is 4.79 Å². The Morgan fingerprint density at radius 2 is 1.55 bits per heavy atom. The molecule has 0 radical (unpaired) electrons. The Kier molecular flexibility index (Phi) is 5.50. The first-order chi connectivity index (χ1) is 15.0. The molecule has 1 amide bonds. The summed E-state index contributed by atoms with van der Waals surface area (Å²) < 4.78 is 32.6. The van der Waals surface area contributed by atoms with Gasteiger partial charge in [-0.05, 0) is 53.2 Å². The number of carbonyl (C=O) groups excluding carboxylic acids is 1. The van der Waals surface area contributed by atoms with Crippen molar-refractivity contribution in [2.45, 2.75) is 4.90 Å². The maximum absolute atomic E-state index is 12.8. The molecule has 4 aromatic rings. The number of benzene rings is 3. The molecule has 156 valence electrons. The second kappa shape index (κ2) is 8.41. The van der Waals surface area contributed by atoms with Crippen LogP contribution in [0.25, 0.3) is 10.8 Å². The fourth-order valence-electron chi connectivity index (χ4n) is 3.01. The Hall–Kier alpha value is -3.98. The first-order valence-electron chi connectivity index (χ1n) is 9.24. The number of methoxy groups -OCH3 is 1. The number of hydrogen-bond acceptors (Lipinski definition) is 6. The number of ether oxygens (including phenoxy) is 1. The third-order valence-corrected chi connectivity index (χ3v) is 5.87. The fraction of sp³-hybridized carbons (Fsp3) is 0.0455. The minimum Gasteiger partial charge on any atom is -0.496 e. The van der Waals surface area contributed by atoms with Crippen molar-refractivity contribution in [1.29, 1.82) is 0 Å². The summed E-state index contributed by atoms with van der Waals surface area (Å²) in [6, 6.07) is 18.6. The Morgan fingerprint density at radius 3 is 2.19 bits per heavy atom. The number of fused-ring (bicyclic) bond motifs is 1. The Labute approximate surface area is 179 Å². The highest BCUT2D eigenvalue weighted by Gasteiger charge is 2.17. The number of anilines is 2. The molecule has 0 aliphatic heterocycles. The van der Waals surface area contributed by atoms with Crippen molar-refractivity contribution in [3.8, 4) is 5.75 Å². The molecule has 0 aliphatic carbocycles. The molecular formula is C22H18N4O4S. The summed E-state index contributed by atoms with van der Waals surface area (Å²) in [5, 5.41) is 4.63. The van der Waals surface area contributed by atoms with E-state index in [2.05, 4.69) is 20.0 Å². The van der Waals surface area contributed by atoms with E-state index in [1.54, 1.807) is 18.2 Å². The molecule has 0 atom stereocenters. The van der Waals surface area contributed by atoms with Crippen LogP contribution >= 0.6 is 0 Å². The van der Waals surface area contributed by atoms with Gasteiger partial charge in [0.1, 0.15) is 5.75 Å². The number of aromatic nitrogens is 2. The molecule has 0 unspecified atom stereocenters. The maximum atomic E-state index is 12.8. The molecule has 0 saturated heterocycles. The third-order valence-electron chi connectivity index (χ3n) is 4.53. The smallest absolute Gasteiger partial charge is 0.264 e. The van der Waals surface area contributed by atoms with Crippen LogP contribution in [0.15, 0.2) is 84.0 Å². The van der Waals surface area contributed by atoms with E-state index in [4.69, 9.17) is 4.74 Å². The molecule has 2 N–H and O–H groups in total. The van der Waals surface area contributed by atoms with Crippen molar-refractivity contribution >= 4 is 38.3 Å². The molecule has 0 spiro atoms. The minimum absolute atomic E-state index is 0.0150. The molecule has 31 heavy (non-hydrogen) atoms. The number of rotatable bonds is 6. The van der Waals surface area contributed by atoms with E-state index >= 15 is 0 Å². The van der Waals surface area contributed by atoms with Crippen molar-refractivity contribution in [3.63, 3.8) is 0 Å². The average Bonchev–Trinajstić information content (AvgIpc) is 2.79. The molecule has 3 aromatic carbocycles. The lowest BCUT2D eigenvalue weighted by molar-refractivity contribution is 0.102. The van der Waals surface area contributed by atoms with Gasteiger partial charge < -0.3 is 10.1 Å². The van der Waals surface area contributed by atoms with E-state index in [0.717, 1.165) is 10.8 Å². The second-order valence-corrected chi connectivity index (χ2v) is 8.24. The van der Waals surface area contributed by atoms with E-state index in [1.165, 1.54) is 43.8 Å². The summed E-state index contributed by atoms with van der Waals surface area (Å²) in [5.74, 6) is 0.0553. The predicted molar refractivity (Wildman–Crippen MR) is 118 cm³/mol. The zero-order valence-corrected chi connectivity index (χ0v) is 17.3. The zero-order valence-electron chi connectivity index (χ0n) is 16.4. The van der Waals surface area contributed by atoms with Gasteiger partial charge in [-0.1, -0.05) is 24.3 Å². The first-order valence-corrected chi connectivity index (χ1v) is 10.7. The number of carbonyl (C=O) groups is 1. The molecule has 0 bridgehead atoms. The predicted octanol–water partition coefficient (Wildman–Crippen LogP) is 3.69. The van der Waals surface area contributed by atoms with E-state index in [0.29, 0.717) is 17.0 Å². The SMILES string of the molecule is COc1cc2ccccc2cc1C(=O)Nc1ccc(S(=O)(=O)Nc2ncccn2)cc1. The van der Waals surface area contributed by atoms with Crippen LogP contribution < -0.4 is 14.8 Å². The van der Waals surface area contributed by atoms with Crippen molar-refractivity contribution in [1.82, 2.24) is 9.97 Å². The third kappa shape index (κ3) is 4.46. The molecule has 1 aromatic heterocycles. The number of amides is 1. The summed E-state index contributed by atoms with van der Waals surface area (Å²) >= 11 is 0. The van der Waals surface area contributed by atoms with Crippen LogP contribution in [-0.2, 0) is 10.0 Å². The summed E-state index contributed by atoms with van der Waals surface area (Å²) in [7, 11) is -2.35. The number of sulfonamides is 1. The van der Waals surface area contributed by atoms with Gasteiger partial charge in [-0.15, -0.1) is 0 Å². The van der Waals surface area contributed by atoms with Crippen molar-refractivity contribution in [2.75, 3.05) is 17.1 Å².